The molecule has 0 fully saturated rings. The van der Waals surface area contributed by atoms with Crippen LogP contribution in [0.1, 0.15) is 30.1 Å². The van der Waals surface area contributed by atoms with Gasteiger partial charge in [0, 0.05) is 31.5 Å². The quantitative estimate of drug-likeness (QED) is 0.558. The molecule has 0 aromatic heterocycles. The molecule has 23 heavy (non-hydrogen) atoms. The van der Waals surface area contributed by atoms with Crippen molar-refractivity contribution in [2.45, 2.75) is 19.8 Å². The molecule has 0 spiro atoms. The number of ketones is 1. The van der Waals surface area contributed by atoms with Gasteiger partial charge in [0.2, 0.25) is 11.8 Å². The number of rotatable bonds is 9. The number of benzene rings is 1. The fourth-order valence-corrected chi connectivity index (χ4v) is 1.70. The van der Waals surface area contributed by atoms with E-state index in [1.165, 1.54) is 6.92 Å². The van der Waals surface area contributed by atoms with E-state index in [2.05, 4.69) is 16.0 Å². The van der Waals surface area contributed by atoms with Gasteiger partial charge in [0.25, 0.3) is 5.91 Å². The van der Waals surface area contributed by atoms with E-state index in [1.54, 1.807) is 30.3 Å². The van der Waals surface area contributed by atoms with Crippen molar-refractivity contribution in [2.75, 3.05) is 19.6 Å². The van der Waals surface area contributed by atoms with Gasteiger partial charge in [0.15, 0.2) is 0 Å². The Morgan fingerprint density at radius 1 is 0.826 bits per heavy atom. The Labute approximate surface area is 134 Å². The van der Waals surface area contributed by atoms with E-state index in [-0.39, 0.29) is 56.0 Å². The number of hydrogen-bond acceptors (Lipinski definition) is 4. The predicted octanol–water partition coefficient (Wildman–Crippen LogP) is 0.0180. The first-order chi connectivity index (χ1) is 11.0. The third-order valence-corrected chi connectivity index (χ3v) is 2.92. The number of nitrogens with one attached hydrogen (secondary N) is 3. The number of carbonyl (C=O) groups is 4. The molecule has 3 N–H and O–H groups in total. The summed E-state index contributed by atoms with van der Waals surface area (Å²) in [4.78, 5) is 45.3. The zero-order valence-corrected chi connectivity index (χ0v) is 13.1. The Bertz CT molecular complexity index is 558. The Morgan fingerprint density at radius 2 is 1.43 bits per heavy atom. The normalized spacial score (nSPS) is 9.78. The molecule has 3 amide bonds. The Kier molecular flexibility index (Phi) is 8.06. The van der Waals surface area contributed by atoms with E-state index in [1.807, 2.05) is 0 Å². The number of carbonyl (C=O) groups excluding carboxylic acids is 4. The predicted molar refractivity (Wildman–Crippen MR) is 84.7 cm³/mol. The van der Waals surface area contributed by atoms with Gasteiger partial charge in [0.1, 0.15) is 5.78 Å². The fraction of sp³-hybridized carbons (Fsp3) is 0.375. The van der Waals surface area contributed by atoms with Crippen LogP contribution >= 0.6 is 0 Å². The van der Waals surface area contributed by atoms with Crippen LogP contribution in [-0.4, -0.2) is 43.1 Å². The van der Waals surface area contributed by atoms with E-state index in [4.69, 9.17) is 0 Å². The highest BCUT2D eigenvalue weighted by molar-refractivity contribution is 5.96. The van der Waals surface area contributed by atoms with Gasteiger partial charge >= 0.3 is 0 Å². The molecule has 0 radical (unpaired) electrons. The molecular formula is C16H21N3O4. The molecule has 124 valence electrons. The Hall–Kier alpha value is -2.70. The minimum Gasteiger partial charge on any atom is -0.354 e. The summed E-state index contributed by atoms with van der Waals surface area (Å²) in [7, 11) is 0. The third kappa shape index (κ3) is 8.35. The summed E-state index contributed by atoms with van der Waals surface area (Å²) in [5.41, 5.74) is 0.484. The average molecular weight is 319 g/mol. The van der Waals surface area contributed by atoms with E-state index in [0.29, 0.717) is 5.56 Å². The van der Waals surface area contributed by atoms with Gasteiger partial charge in [-0.2, -0.15) is 0 Å². The lowest BCUT2D eigenvalue weighted by Crippen LogP contribution is -2.40. The summed E-state index contributed by atoms with van der Waals surface area (Å²) in [6, 6.07) is 8.59. The van der Waals surface area contributed by atoms with E-state index >= 15 is 0 Å². The molecule has 0 saturated heterocycles. The van der Waals surface area contributed by atoms with Crippen molar-refractivity contribution in [1.82, 2.24) is 16.0 Å². The molecule has 0 atom stereocenters. The molecule has 0 aliphatic carbocycles. The molecule has 0 aliphatic heterocycles. The van der Waals surface area contributed by atoms with Gasteiger partial charge < -0.3 is 20.7 Å². The van der Waals surface area contributed by atoms with Crippen molar-refractivity contribution in [3.8, 4) is 0 Å². The highest BCUT2D eigenvalue weighted by Gasteiger charge is 2.07. The van der Waals surface area contributed by atoms with Gasteiger partial charge in [0.05, 0.1) is 6.54 Å². The molecular weight excluding hydrogens is 298 g/mol. The maximum absolute atomic E-state index is 11.7. The number of hydrogen-bond donors (Lipinski definition) is 3. The van der Waals surface area contributed by atoms with Gasteiger partial charge in [-0.05, 0) is 19.1 Å². The molecule has 0 heterocycles. The summed E-state index contributed by atoms with van der Waals surface area (Å²) in [6.45, 7) is 1.82. The Morgan fingerprint density at radius 3 is 2.04 bits per heavy atom. The summed E-state index contributed by atoms with van der Waals surface area (Å²) in [5, 5.41) is 7.67. The van der Waals surface area contributed by atoms with Crippen LogP contribution < -0.4 is 16.0 Å². The largest absolute Gasteiger partial charge is 0.354 e. The lowest BCUT2D eigenvalue weighted by Gasteiger charge is -2.08. The van der Waals surface area contributed by atoms with Crippen LogP contribution in [0, 0.1) is 0 Å². The van der Waals surface area contributed by atoms with Gasteiger partial charge in [-0.25, -0.2) is 0 Å². The maximum Gasteiger partial charge on any atom is 0.251 e. The topological polar surface area (TPSA) is 104 Å². The summed E-state index contributed by atoms with van der Waals surface area (Å²) in [6.07, 6.45) is 0.361. The van der Waals surface area contributed by atoms with Gasteiger partial charge in [-0.15, -0.1) is 0 Å². The van der Waals surface area contributed by atoms with Crippen LogP contribution in [0.5, 0.6) is 0 Å². The van der Waals surface area contributed by atoms with Crippen molar-refractivity contribution in [3.05, 3.63) is 35.9 Å². The van der Waals surface area contributed by atoms with Crippen LogP contribution in [0.4, 0.5) is 0 Å². The zero-order chi connectivity index (χ0) is 17.1. The molecule has 0 bridgehead atoms. The molecule has 0 saturated carbocycles. The summed E-state index contributed by atoms with van der Waals surface area (Å²) >= 11 is 0. The highest BCUT2D eigenvalue weighted by atomic mass is 16.2. The average Bonchev–Trinajstić information content (AvgIpc) is 2.55. The van der Waals surface area contributed by atoms with Crippen molar-refractivity contribution < 1.29 is 19.2 Å². The standard InChI is InChI=1S/C16H21N3O4/c1-12(20)7-8-14(21)17-9-10-18-15(22)11-19-16(23)13-5-3-2-4-6-13/h2-6H,7-11H2,1H3,(H,17,21)(H,18,22)(H,19,23). The van der Waals surface area contributed by atoms with Gasteiger partial charge in [-0.3, -0.25) is 14.4 Å². The van der Waals surface area contributed by atoms with Crippen LogP contribution in [0.25, 0.3) is 0 Å². The first-order valence-corrected chi connectivity index (χ1v) is 7.35. The molecule has 7 heteroatoms. The monoisotopic (exact) mass is 319 g/mol. The van der Waals surface area contributed by atoms with Crippen LogP contribution in [0.2, 0.25) is 0 Å². The SMILES string of the molecule is CC(=O)CCC(=O)NCCNC(=O)CNC(=O)c1ccccc1. The second-order valence-corrected chi connectivity index (χ2v) is 4.95. The van der Waals surface area contributed by atoms with Gasteiger partial charge in [-0.1, -0.05) is 18.2 Å². The van der Waals surface area contributed by atoms with E-state index in [0.717, 1.165) is 0 Å². The Balaban J connectivity index is 2.12. The summed E-state index contributed by atoms with van der Waals surface area (Å²) < 4.78 is 0. The lowest BCUT2D eigenvalue weighted by atomic mass is 10.2. The number of amides is 3. The first-order valence-electron chi connectivity index (χ1n) is 7.35. The molecule has 1 aromatic rings. The van der Waals surface area contributed by atoms with Crippen molar-refractivity contribution >= 4 is 23.5 Å². The van der Waals surface area contributed by atoms with Crippen molar-refractivity contribution in [2.24, 2.45) is 0 Å². The maximum atomic E-state index is 11.7. The van der Waals surface area contributed by atoms with E-state index < -0.39 is 0 Å². The second kappa shape index (κ2) is 10.1. The zero-order valence-electron chi connectivity index (χ0n) is 13.1. The molecule has 0 aliphatic rings. The molecule has 1 rings (SSSR count). The smallest absolute Gasteiger partial charge is 0.251 e. The first kappa shape index (κ1) is 18.3. The highest BCUT2D eigenvalue weighted by Crippen LogP contribution is 1.97. The molecule has 7 nitrogen and oxygen atoms in total. The molecule has 0 unspecified atom stereocenters. The second-order valence-electron chi connectivity index (χ2n) is 4.95. The third-order valence-electron chi connectivity index (χ3n) is 2.92. The minimum absolute atomic E-state index is 0.0392. The van der Waals surface area contributed by atoms with E-state index in [9.17, 15) is 19.2 Å². The van der Waals surface area contributed by atoms with Crippen LogP contribution in [0.15, 0.2) is 30.3 Å². The number of Topliss-reactive ketones (excluding diaryl/α,β-unsaturated/α-hetero) is 1. The fourth-order valence-electron chi connectivity index (χ4n) is 1.70. The van der Waals surface area contributed by atoms with Crippen molar-refractivity contribution in [3.63, 3.8) is 0 Å². The lowest BCUT2D eigenvalue weighted by molar-refractivity contribution is -0.124. The minimum atomic E-state index is -0.340. The summed E-state index contributed by atoms with van der Waals surface area (Å²) in [5.74, 6) is -0.931. The van der Waals surface area contributed by atoms with Crippen LogP contribution in [-0.2, 0) is 14.4 Å². The van der Waals surface area contributed by atoms with Crippen LogP contribution in [0.3, 0.4) is 0 Å². The van der Waals surface area contributed by atoms with Crippen molar-refractivity contribution in [1.29, 1.82) is 0 Å². The molecule has 1 aromatic carbocycles.